The molecule has 2 N–H and O–H groups in total. The third-order valence-electron chi connectivity index (χ3n) is 6.05. The third-order valence-corrected chi connectivity index (χ3v) is 6.05. The van der Waals surface area contributed by atoms with Gasteiger partial charge in [-0.3, -0.25) is 9.59 Å². The first-order valence-corrected chi connectivity index (χ1v) is 11.3. The summed E-state index contributed by atoms with van der Waals surface area (Å²) in [5.41, 5.74) is 2.46. The predicted molar refractivity (Wildman–Crippen MR) is 130 cm³/mol. The molecule has 8 nitrogen and oxygen atoms in total. The Morgan fingerprint density at radius 1 is 1.06 bits per heavy atom. The standard InChI is InChI=1S/C27H27FN2O6/c1-34-23-12-7-19(13-24(23)35-2)27(33)29-21-10-5-18(6-11-21)26-22(15-31)30(25(32)16-36-26)14-17-3-8-20(28)9-4-17/h3-13,22,26,31H,14-16H2,1-2H3,(H,29,33)/t22-,26-/m1/s1. The number of ether oxygens (including phenoxy) is 3. The Morgan fingerprint density at radius 3 is 2.39 bits per heavy atom. The van der Waals surface area contributed by atoms with Crippen molar-refractivity contribution in [3.05, 3.63) is 89.2 Å². The summed E-state index contributed by atoms with van der Waals surface area (Å²) in [6.45, 7) is -0.223. The number of aliphatic hydroxyl groups excluding tert-OH is 1. The molecular weight excluding hydrogens is 467 g/mol. The number of nitrogens with one attached hydrogen (secondary N) is 1. The van der Waals surface area contributed by atoms with Gasteiger partial charge in [-0.25, -0.2) is 4.39 Å². The number of hydrogen-bond donors (Lipinski definition) is 2. The second-order valence-electron chi connectivity index (χ2n) is 8.28. The van der Waals surface area contributed by atoms with E-state index in [2.05, 4.69) is 5.32 Å². The zero-order valence-corrected chi connectivity index (χ0v) is 19.9. The summed E-state index contributed by atoms with van der Waals surface area (Å²) >= 11 is 0. The Bertz CT molecular complexity index is 1220. The molecule has 2 amide bonds. The van der Waals surface area contributed by atoms with Gasteiger partial charge in [0.1, 0.15) is 18.5 Å². The van der Waals surface area contributed by atoms with Crippen molar-refractivity contribution in [3.63, 3.8) is 0 Å². The molecule has 0 spiro atoms. The number of nitrogens with zero attached hydrogens (tertiary/aromatic N) is 1. The molecule has 0 radical (unpaired) electrons. The van der Waals surface area contributed by atoms with Crippen LogP contribution in [0.2, 0.25) is 0 Å². The molecule has 188 valence electrons. The monoisotopic (exact) mass is 494 g/mol. The fraction of sp³-hybridized carbons (Fsp3) is 0.259. The Kier molecular flexibility index (Phi) is 7.82. The number of carbonyl (C=O) groups is 2. The van der Waals surface area contributed by atoms with Crippen molar-refractivity contribution < 1.29 is 33.3 Å². The summed E-state index contributed by atoms with van der Waals surface area (Å²) < 4.78 is 29.5. The van der Waals surface area contributed by atoms with Crippen LogP contribution >= 0.6 is 0 Å². The molecule has 3 aromatic carbocycles. The van der Waals surface area contributed by atoms with Crippen LogP contribution in [0, 0.1) is 5.82 Å². The van der Waals surface area contributed by atoms with Gasteiger partial charge in [-0.2, -0.15) is 0 Å². The summed E-state index contributed by atoms with van der Waals surface area (Å²) in [7, 11) is 3.02. The zero-order chi connectivity index (χ0) is 25.7. The third kappa shape index (κ3) is 5.48. The molecule has 1 aliphatic heterocycles. The Morgan fingerprint density at radius 2 is 1.75 bits per heavy atom. The van der Waals surface area contributed by atoms with E-state index in [1.54, 1.807) is 59.5 Å². The van der Waals surface area contributed by atoms with Crippen LogP contribution in [0.5, 0.6) is 11.5 Å². The van der Waals surface area contributed by atoms with Crippen LogP contribution in [0.4, 0.5) is 10.1 Å². The zero-order valence-electron chi connectivity index (χ0n) is 19.9. The minimum atomic E-state index is -0.622. The van der Waals surface area contributed by atoms with Gasteiger partial charge in [-0.15, -0.1) is 0 Å². The summed E-state index contributed by atoms with van der Waals surface area (Å²) in [5, 5.41) is 12.9. The Labute approximate surface area is 208 Å². The van der Waals surface area contributed by atoms with Gasteiger partial charge in [0.2, 0.25) is 5.91 Å². The molecule has 1 fully saturated rings. The number of rotatable bonds is 8. The van der Waals surface area contributed by atoms with Crippen LogP contribution in [0.3, 0.4) is 0 Å². The largest absolute Gasteiger partial charge is 0.493 e. The number of hydrogen-bond acceptors (Lipinski definition) is 6. The molecule has 0 aliphatic carbocycles. The highest BCUT2D eigenvalue weighted by molar-refractivity contribution is 6.04. The predicted octanol–water partition coefficient (Wildman–Crippen LogP) is 3.56. The van der Waals surface area contributed by atoms with Crippen LogP contribution < -0.4 is 14.8 Å². The summed E-state index contributed by atoms with van der Waals surface area (Å²) in [6, 6.07) is 17.2. The number of methoxy groups -OCH3 is 2. The normalized spacial score (nSPS) is 17.6. The molecule has 9 heteroatoms. The lowest BCUT2D eigenvalue weighted by Crippen LogP contribution is -2.52. The maximum atomic E-state index is 13.3. The highest BCUT2D eigenvalue weighted by Crippen LogP contribution is 2.31. The quantitative estimate of drug-likeness (QED) is 0.497. The number of carbonyl (C=O) groups excluding carboxylic acids is 2. The number of aliphatic hydroxyl groups is 1. The van der Waals surface area contributed by atoms with E-state index in [1.165, 1.54) is 26.4 Å². The number of anilines is 1. The molecular formula is C27H27FN2O6. The lowest BCUT2D eigenvalue weighted by molar-refractivity contribution is -0.162. The second-order valence-corrected chi connectivity index (χ2v) is 8.28. The van der Waals surface area contributed by atoms with Crippen LogP contribution in [0.15, 0.2) is 66.7 Å². The maximum Gasteiger partial charge on any atom is 0.255 e. The van der Waals surface area contributed by atoms with E-state index in [1.807, 2.05) is 0 Å². The number of amides is 2. The van der Waals surface area contributed by atoms with E-state index in [0.717, 1.165) is 11.1 Å². The van der Waals surface area contributed by atoms with Crippen molar-refractivity contribution >= 4 is 17.5 Å². The van der Waals surface area contributed by atoms with E-state index in [4.69, 9.17) is 14.2 Å². The molecule has 0 aromatic heterocycles. The molecule has 1 aliphatic rings. The Hall–Kier alpha value is -3.95. The highest BCUT2D eigenvalue weighted by Gasteiger charge is 2.37. The van der Waals surface area contributed by atoms with Crippen LogP contribution in [-0.4, -0.2) is 55.3 Å². The fourth-order valence-electron chi connectivity index (χ4n) is 4.14. The average molecular weight is 495 g/mol. The van der Waals surface area contributed by atoms with Crippen molar-refractivity contribution in [3.8, 4) is 11.5 Å². The van der Waals surface area contributed by atoms with Crippen LogP contribution in [0.25, 0.3) is 0 Å². The summed E-state index contributed by atoms with van der Waals surface area (Å²) in [4.78, 5) is 26.8. The van der Waals surface area contributed by atoms with Crippen molar-refractivity contribution in [2.24, 2.45) is 0 Å². The van der Waals surface area contributed by atoms with Gasteiger partial charge in [-0.05, 0) is 53.6 Å². The van der Waals surface area contributed by atoms with Gasteiger partial charge in [-0.1, -0.05) is 24.3 Å². The van der Waals surface area contributed by atoms with Crippen molar-refractivity contribution in [1.82, 2.24) is 4.90 Å². The second kappa shape index (κ2) is 11.2. The molecule has 36 heavy (non-hydrogen) atoms. The van der Waals surface area contributed by atoms with E-state index in [-0.39, 0.29) is 37.4 Å². The SMILES string of the molecule is COc1ccc(C(=O)Nc2ccc([C@H]3OCC(=O)N(Cc4ccc(F)cc4)[C@@H]3CO)cc2)cc1OC. The van der Waals surface area contributed by atoms with Gasteiger partial charge < -0.3 is 29.5 Å². The lowest BCUT2D eigenvalue weighted by Gasteiger charge is -2.40. The van der Waals surface area contributed by atoms with E-state index in [9.17, 15) is 19.1 Å². The van der Waals surface area contributed by atoms with Crippen molar-refractivity contribution in [2.75, 3.05) is 32.8 Å². The highest BCUT2D eigenvalue weighted by atomic mass is 19.1. The average Bonchev–Trinajstić information content (AvgIpc) is 2.91. The molecule has 3 aromatic rings. The molecule has 0 bridgehead atoms. The first-order valence-electron chi connectivity index (χ1n) is 11.3. The molecule has 1 heterocycles. The van der Waals surface area contributed by atoms with E-state index in [0.29, 0.717) is 22.7 Å². The first kappa shape index (κ1) is 25.2. The molecule has 0 saturated carbocycles. The lowest BCUT2D eigenvalue weighted by atomic mass is 9.98. The van der Waals surface area contributed by atoms with Gasteiger partial charge in [0, 0.05) is 17.8 Å². The first-order chi connectivity index (χ1) is 17.4. The Balaban J connectivity index is 1.47. The number of halogens is 1. The fourth-order valence-corrected chi connectivity index (χ4v) is 4.14. The van der Waals surface area contributed by atoms with Gasteiger partial charge in [0.15, 0.2) is 11.5 Å². The van der Waals surface area contributed by atoms with E-state index < -0.39 is 12.1 Å². The topological polar surface area (TPSA) is 97.3 Å². The van der Waals surface area contributed by atoms with Gasteiger partial charge >= 0.3 is 0 Å². The molecule has 2 atom stereocenters. The minimum absolute atomic E-state index is 0.139. The number of benzene rings is 3. The maximum absolute atomic E-state index is 13.3. The minimum Gasteiger partial charge on any atom is -0.493 e. The van der Waals surface area contributed by atoms with Crippen molar-refractivity contribution in [1.29, 1.82) is 0 Å². The van der Waals surface area contributed by atoms with E-state index >= 15 is 0 Å². The van der Waals surface area contributed by atoms with Gasteiger partial charge in [0.25, 0.3) is 5.91 Å². The van der Waals surface area contributed by atoms with Crippen LogP contribution in [-0.2, 0) is 16.1 Å². The summed E-state index contributed by atoms with van der Waals surface area (Å²) in [6.07, 6.45) is -0.566. The smallest absolute Gasteiger partial charge is 0.255 e. The van der Waals surface area contributed by atoms with Gasteiger partial charge in [0.05, 0.1) is 26.9 Å². The molecule has 0 unspecified atom stereocenters. The molecule has 4 rings (SSSR count). The molecule has 1 saturated heterocycles. The van der Waals surface area contributed by atoms with Crippen molar-refractivity contribution in [2.45, 2.75) is 18.7 Å². The van der Waals surface area contributed by atoms with Crippen LogP contribution in [0.1, 0.15) is 27.6 Å². The number of morpholine rings is 1. The summed E-state index contributed by atoms with van der Waals surface area (Å²) in [5.74, 6) is 0.0401.